The Bertz CT molecular complexity index is 4150. The van der Waals surface area contributed by atoms with E-state index in [0.717, 1.165) is 149 Å². The molecule has 2 aliphatic heterocycles. The summed E-state index contributed by atoms with van der Waals surface area (Å²) >= 11 is 0. The Kier molecular flexibility index (Phi) is 6.80. The molecular formula is C60H33BN2O4. The first-order chi connectivity index (χ1) is 33.3. The number of furan rings is 4. The largest absolute Gasteiger partial charge is 0.456 e. The van der Waals surface area contributed by atoms with Crippen LogP contribution in [-0.4, -0.2) is 6.71 Å². The van der Waals surface area contributed by atoms with E-state index in [1.54, 1.807) is 0 Å². The van der Waals surface area contributed by atoms with Crippen molar-refractivity contribution in [1.29, 1.82) is 0 Å². The van der Waals surface area contributed by atoms with Crippen molar-refractivity contribution < 1.29 is 17.7 Å². The number of hydrogen-bond donors (Lipinski definition) is 0. The number of fused-ring (bicyclic) bond motifs is 22. The van der Waals surface area contributed by atoms with Gasteiger partial charge in [0, 0.05) is 76.8 Å². The highest BCUT2D eigenvalue weighted by Crippen LogP contribution is 2.54. The zero-order chi connectivity index (χ0) is 43.5. The van der Waals surface area contributed by atoms with Crippen molar-refractivity contribution >= 4 is 145 Å². The van der Waals surface area contributed by atoms with Crippen molar-refractivity contribution in [2.45, 2.75) is 0 Å². The zero-order valence-electron chi connectivity index (χ0n) is 35.7. The van der Waals surface area contributed by atoms with Gasteiger partial charge in [-0.15, -0.1) is 0 Å². The second-order valence-electron chi connectivity index (χ2n) is 17.8. The number of hydrogen-bond acceptors (Lipinski definition) is 6. The number of nitrogens with zero attached hydrogens (tertiary/aromatic N) is 2. The molecule has 0 aliphatic carbocycles. The molecule has 2 aliphatic rings. The molecule has 0 atom stereocenters. The maximum absolute atomic E-state index is 7.36. The molecule has 6 nitrogen and oxygen atoms in total. The van der Waals surface area contributed by atoms with Crippen LogP contribution in [0.2, 0.25) is 0 Å². The Hall–Kier alpha value is -8.94. The topological polar surface area (TPSA) is 59.0 Å². The van der Waals surface area contributed by atoms with Crippen LogP contribution in [0.3, 0.4) is 0 Å². The average molecular weight is 857 g/mol. The summed E-state index contributed by atoms with van der Waals surface area (Å²) in [4.78, 5) is 4.86. The molecule has 0 saturated heterocycles. The van der Waals surface area contributed by atoms with Crippen LogP contribution in [0.5, 0.6) is 0 Å². The third-order valence-corrected chi connectivity index (χ3v) is 14.4. The van der Waals surface area contributed by atoms with E-state index in [2.05, 4.69) is 210 Å². The predicted octanol–water partition coefficient (Wildman–Crippen LogP) is 15.0. The fourth-order valence-corrected chi connectivity index (χ4v) is 11.8. The molecule has 0 N–H and O–H groups in total. The van der Waals surface area contributed by atoms with Crippen LogP contribution in [0.4, 0.5) is 34.1 Å². The van der Waals surface area contributed by atoms with Crippen LogP contribution in [0.25, 0.3) is 98.9 Å². The van der Waals surface area contributed by atoms with Crippen LogP contribution in [0.1, 0.15) is 0 Å². The van der Waals surface area contributed by atoms with Gasteiger partial charge in [-0.2, -0.15) is 0 Å². The van der Waals surface area contributed by atoms with Gasteiger partial charge in [-0.05, 0) is 77.3 Å². The van der Waals surface area contributed by atoms with E-state index < -0.39 is 6.71 Å². The molecule has 10 aromatic carbocycles. The van der Waals surface area contributed by atoms with Crippen molar-refractivity contribution in [2.24, 2.45) is 0 Å². The van der Waals surface area contributed by atoms with E-state index in [0.29, 0.717) is 0 Å². The Morgan fingerprint density at radius 2 is 0.627 bits per heavy atom. The SMILES string of the molecule is c1ccc(-c2cc3c4c(c2)N(c2ccccc2)c2c(c5oc6ccccc6c5c5c2oc2ccccc25)B4c2c(c4oc5ccccc5c4c4c2oc2ccccc24)N3c2ccccc2)cc1. The maximum atomic E-state index is 7.36. The molecule has 14 aromatic rings. The van der Waals surface area contributed by atoms with Gasteiger partial charge in [0.2, 0.25) is 0 Å². The predicted molar refractivity (Wildman–Crippen MR) is 275 cm³/mol. The van der Waals surface area contributed by atoms with E-state index in [-0.39, 0.29) is 0 Å². The van der Waals surface area contributed by atoms with Gasteiger partial charge in [0.15, 0.2) is 11.2 Å². The molecule has 67 heavy (non-hydrogen) atoms. The van der Waals surface area contributed by atoms with Crippen molar-refractivity contribution in [1.82, 2.24) is 0 Å². The lowest BCUT2D eigenvalue weighted by Gasteiger charge is -2.44. The molecular weight excluding hydrogens is 823 g/mol. The Balaban J connectivity index is 1.20. The van der Waals surface area contributed by atoms with E-state index in [1.165, 1.54) is 0 Å². The minimum Gasteiger partial charge on any atom is -0.456 e. The Morgan fingerprint density at radius 3 is 1.03 bits per heavy atom. The van der Waals surface area contributed by atoms with Crippen molar-refractivity contribution in [3.8, 4) is 11.1 Å². The van der Waals surface area contributed by atoms with E-state index in [1.807, 2.05) is 0 Å². The Morgan fingerprint density at radius 1 is 0.299 bits per heavy atom. The lowest BCUT2D eigenvalue weighted by molar-refractivity contribution is 0.664. The molecule has 4 aromatic heterocycles. The minimum atomic E-state index is -0.430. The van der Waals surface area contributed by atoms with Gasteiger partial charge >= 0.3 is 0 Å². The second kappa shape index (κ2) is 12.9. The monoisotopic (exact) mass is 856 g/mol. The van der Waals surface area contributed by atoms with Crippen LogP contribution >= 0.6 is 0 Å². The molecule has 0 spiro atoms. The van der Waals surface area contributed by atoms with E-state index >= 15 is 0 Å². The van der Waals surface area contributed by atoms with Crippen LogP contribution in [0, 0.1) is 0 Å². The molecule has 0 fully saturated rings. The summed E-state index contributed by atoms with van der Waals surface area (Å²) in [5, 5.41) is 8.28. The minimum absolute atomic E-state index is 0.430. The summed E-state index contributed by atoms with van der Waals surface area (Å²) < 4.78 is 29.3. The summed E-state index contributed by atoms with van der Waals surface area (Å²) in [5.74, 6) is 0. The van der Waals surface area contributed by atoms with Crippen LogP contribution in [-0.2, 0) is 0 Å². The second-order valence-corrected chi connectivity index (χ2v) is 17.8. The van der Waals surface area contributed by atoms with Crippen LogP contribution in [0.15, 0.2) is 218 Å². The van der Waals surface area contributed by atoms with E-state index in [4.69, 9.17) is 17.7 Å². The first-order valence-electron chi connectivity index (χ1n) is 22.8. The summed E-state index contributed by atoms with van der Waals surface area (Å²) in [7, 11) is 0. The first kappa shape index (κ1) is 35.4. The Labute approximate surface area is 382 Å². The normalized spacial score (nSPS) is 13.3. The molecule has 6 heterocycles. The van der Waals surface area contributed by atoms with Crippen molar-refractivity contribution in [2.75, 3.05) is 9.80 Å². The summed E-state index contributed by atoms with van der Waals surface area (Å²) in [5.41, 5.74) is 17.8. The number of rotatable bonds is 3. The fourth-order valence-electron chi connectivity index (χ4n) is 11.8. The third kappa shape index (κ3) is 4.55. The van der Waals surface area contributed by atoms with Gasteiger partial charge in [0.05, 0.1) is 11.4 Å². The molecule has 7 heteroatoms. The number of para-hydroxylation sites is 6. The highest BCUT2D eigenvalue weighted by molar-refractivity contribution is 7.03. The van der Waals surface area contributed by atoms with Crippen molar-refractivity contribution in [3.63, 3.8) is 0 Å². The molecule has 0 bridgehead atoms. The standard InChI is InChI=1S/C60H33BN2O4/c1-4-18-34(19-5-1)35-32-42-52-43(33-35)63(37-22-8-3-9-23-37)56-54(58-49(39-25-11-15-29-45(39)65-58)51-41-27-13-17-31-47(41)67-60(51)56)61(52)53-55(62(42)36-20-6-2-7-21-36)59-50(40-26-12-16-30-46(40)66-59)48-38-24-10-14-28-44(38)64-57(48)53/h1-33H. The van der Waals surface area contributed by atoms with Crippen molar-refractivity contribution in [3.05, 3.63) is 200 Å². The molecule has 0 radical (unpaired) electrons. The maximum Gasteiger partial charge on any atom is 0.262 e. The van der Waals surface area contributed by atoms with Gasteiger partial charge in [-0.3, -0.25) is 0 Å². The lowest BCUT2D eigenvalue weighted by Crippen LogP contribution is -2.61. The highest BCUT2D eigenvalue weighted by Gasteiger charge is 2.50. The number of anilines is 6. The molecule has 0 unspecified atom stereocenters. The fraction of sp³-hybridized carbons (Fsp3) is 0. The van der Waals surface area contributed by atoms with Crippen LogP contribution < -0.4 is 26.2 Å². The zero-order valence-corrected chi connectivity index (χ0v) is 35.7. The first-order valence-corrected chi connectivity index (χ1v) is 22.8. The molecule has 16 rings (SSSR count). The van der Waals surface area contributed by atoms with Gasteiger partial charge < -0.3 is 27.5 Å². The summed E-state index contributed by atoms with van der Waals surface area (Å²) in [6.45, 7) is -0.430. The quantitative estimate of drug-likeness (QED) is 0.165. The smallest absolute Gasteiger partial charge is 0.262 e. The van der Waals surface area contributed by atoms with Gasteiger partial charge in [-0.25, -0.2) is 0 Å². The highest BCUT2D eigenvalue weighted by atomic mass is 16.3. The lowest BCUT2D eigenvalue weighted by atomic mass is 9.33. The molecule has 0 saturated carbocycles. The average Bonchev–Trinajstić information content (AvgIpc) is 4.17. The number of benzene rings is 10. The molecule has 310 valence electrons. The van der Waals surface area contributed by atoms with Gasteiger partial charge in [0.1, 0.15) is 33.5 Å². The van der Waals surface area contributed by atoms with Gasteiger partial charge in [-0.1, -0.05) is 140 Å². The van der Waals surface area contributed by atoms with Gasteiger partial charge in [0.25, 0.3) is 6.71 Å². The summed E-state index contributed by atoms with van der Waals surface area (Å²) in [6.07, 6.45) is 0. The third-order valence-electron chi connectivity index (χ3n) is 14.4. The summed E-state index contributed by atoms with van der Waals surface area (Å²) in [6, 6.07) is 70.5. The molecule has 0 amide bonds. The van der Waals surface area contributed by atoms with E-state index in [9.17, 15) is 0 Å².